The summed E-state index contributed by atoms with van der Waals surface area (Å²) in [5.41, 5.74) is 6.45. The average Bonchev–Trinajstić information content (AvgIpc) is 2.47. The molecule has 4 heteroatoms. The first-order valence-corrected chi connectivity index (χ1v) is 7.64. The van der Waals surface area contributed by atoms with Crippen molar-refractivity contribution in [2.24, 2.45) is 5.73 Å². The van der Waals surface area contributed by atoms with Crippen LogP contribution >= 0.6 is 0 Å². The zero-order valence-electron chi connectivity index (χ0n) is 12.2. The van der Waals surface area contributed by atoms with Gasteiger partial charge in [0.15, 0.2) is 0 Å². The fourth-order valence-electron chi connectivity index (χ4n) is 3.47. The summed E-state index contributed by atoms with van der Waals surface area (Å²) in [6.07, 6.45) is 2.51. The Balaban J connectivity index is 1.92. The van der Waals surface area contributed by atoms with E-state index in [1.165, 1.54) is 65.2 Å². The van der Waals surface area contributed by atoms with E-state index in [1.807, 2.05) is 0 Å². The molecular formula is C14H30N4. The number of rotatable bonds is 4. The van der Waals surface area contributed by atoms with Crippen LogP contribution in [0.25, 0.3) is 0 Å². The lowest BCUT2D eigenvalue weighted by atomic mass is 9.85. The second-order valence-corrected chi connectivity index (χ2v) is 5.78. The molecule has 0 aromatic rings. The molecule has 0 aromatic carbocycles. The minimum absolute atomic E-state index is 0.297. The number of hydrogen-bond donors (Lipinski definition) is 1. The minimum atomic E-state index is 0.297. The molecule has 0 radical (unpaired) electrons. The van der Waals surface area contributed by atoms with Crippen molar-refractivity contribution >= 4 is 0 Å². The fraction of sp³-hybridized carbons (Fsp3) is 1.00. The van der Waals surface area contributed by atoms with Gasteiger partial charge in [0, 0.05) is 38.3 Å². The van der Waals surface area contributed by atoms with Gasteiger partial charge >= 0.3 is 0 Å². The molecule has 2 N–H and O–H groups in total. The molecule has 0 unspecified atom stereocenters. The molecule has 0 bridgehead atoms. The normalized spacial score (nSPS) is 27.5. The SMILES string of the molecule is CCN1CCN(C2(CN)CCN(CC)CC2)CC1. The van der Waals surface area contributed by atoms with Crippen molar-refractivity contribution in [3.05, 3.63) is 0 Å². The number of likely N-dealkylation sites (tertiary alicyclic amines) is 1. The van der Waals surface area contributed by atoms with E-state index in [9.17, 15) is 0 Å². The maximum absolute atomic E-state index is 6.15. The molecule has 0 atom stereocenters. The Bertz CT molecular complexity index is 240. The Morgan fingerprint density at radius 3 is 1.78 bits per heavy atom. The summed E-state index contributed by atoms with van der Waals surface area (Å²) in [4.78, 5) is 7.78. The lowest BCUT2D eigenvalue weighted by Gasteiger charge is -2.51. The van der Waals surface area contributed by atoms with Gasteiger partial charge in [0.2, 0.25) is 0 Å². The van der Waals surface area contributed by atoms with Gasteiger partial charge in [-0.15, -0.1) is 0 Å². The van der Waals surface area contributed by atoms with Crippen LogP contribution in [0, 0.1) is 0 Å². The van der Waals surface area contributed by atoms with Crippen molar-refractivity contribution in [1.82, 2.24) is 14.7 Å². The maximum Gasteiger partial charge on any atom is 0.0357 e. The van der Waals surface area contributed by atoms with E-state index in [-0.39, 0.29) is 0 Å². The number of nitrogens with zero attached hydrogens (tertiary/aromatic N) is 3. The molecule has 2 aliphatic heterocycles. The van der Waals surface area contributed by atoms with E-state index < -0.39 is 0 Å². The van der Waals surface area contributed by atoms with Crippen molar-refractivity contribution in [3.63, 3.8) is 0 Å². The zero-order valence-corrected chi connectivity index (χ0v) is 12.2. The molecule has 2 aliphatic rings. The van der Waals surface area contributed by atoms with E-state index in [4.69, 9.17) is 5.73 Å². The van der Waals surface area contributed by atoms with Crippen LogP contribution in [0.2, 0.25) is 0 Å². The maximum atomic E-state index is 6.15. The largest absolute Gasteiger partial charge is 0.329 e. The Labute approximate surface area is 112 Å². The number of piperazine rings is 1. The topological polar surface area (TPSA) is 35.7 Å². The van der Waals surface area contributed by atoms with Crippen molar-refractivity contribution in [3.8, 4) is 0 Å². The number of nitrogens with two attached hydrogens (primary N) is 1. The Morgan fingerprint density at radius 1 is 0.833 bits per heavy atom. The van der Waals surface area contributed by atoms with E-state index in [2.05, 4.69) is 28.5 Å². The highest BCUT2D eigenvalue weighted by atomic mass is 15.3. The van der Waals surface area contributed by atoms with Crippen LogP contribution in [0.3, 0.4) is 0 Å². The Kier molecular flexibility index (Phi) is 5.01. The van der Waals surface area contributed by atoms with E-state index in [0.717, 1.165) is 6.54 Å². The van der Waals surface area contributed by atoms with Gasteiger partial charge in [-0.1, -0.05) is 13.8 Å². The molecule has 106 valence electrons. The first-order chi connectivity index (χ1) is 8.74. The van der Waals surface area contributed by atoms with Crippen molar-refractivity contribution < 1.29 is 0 Å². The highest BCUT2D eigenvalue weighted by Gasteiger charge is 2.39. The Morgan fingerprint density at radius 2 is 1.33 bits per heavy atom. The lowest BCUT2D eigenvalue weighted by Crippen LogP contribution is -2.63. The third-order valence-electron chi connectivity index (χ3n) is 5.10. The van der Waals surface area contributed by atoms with Crippen LogP contribution in [0.5, 0.6) is 0 Å². The number of piperidine rings is 1. The van der Waals surface area contributed by atoms with Gasteiger partial charge in [-0.3, -0.25) is 4.90 Å². The minimum Gasteiger partial charge on any atom is -0.329 e. The van der Waals surface area contributed by atoms with Gasteiger partial charge in [0.25, 0.3) is 0 Å². The predicted octanol–water partition coefficient (Wildman–Crippen LogP) is 0.437. The highest BCUT2D eigenvalue weighted by Crippen LogP contribution is 2.29. The molecule has 0 saturated carbocycles. The second-order valence-electron chi connectivity index (χ2n) is 5.78. The van der Waals surface area contributed by atoms with Crippen LogP contribution in [0.15, 0.2) is 0 Å². The smallest absolute Gasteiger partial charge is 0.0357 e. The second kappa shape index (κ2) is 6.33. The van der Waals surface area contributed by atoms with Gasteiger partial charge in [0.1, 0.15) is 0 Å². The third kappa shape index (κ3) is 2.87. The van der Waals surface area contributed by atoms with Crippen LogP contribution in [0.4, 0.5) is 0 Å². The molecule has 0 aromatic heterocycles. The van der Waals surface area contributed by atoms with Crippen molar-refractivity contribution in [2.45, 2.75) is 32.2 Å². The van der Waals surface area contributed by atoms with Crippen LogP contribution in [-0.2, 0) is 0 Å². The molecule has 0 amide bonds. The number of likely N-dealkylation sites (N-methyl/N-ethyl adjacent to an activating group) is 1. The van der Waals surface area contributed by atoms with Gasteiger partial charge < -0.3 is 15.5 Å². The Hall–Kier alpha value is -0.160. The summed E-state index contributed by atoms with van der Waals surface area (Å²) in [5.74, 6) is 0. The van der Waals surface area contributed by atoms with Crippen molar-refractivity contribution in [2.75, 3.05) is 58.9 Å². The van der Waals surface area contributed by atoms with Gasteiger partial charge in [-0.2, -0.15) is 0 Å². The molecule has 2 heterocycles. The molecule has 2 rings (SSSR count). The first kappa shape index (κ1) is 14.3. The van der Waals surface area contributed by atoms with Gasteiger partial charge in [0.05, 0.1) is 0 Å². The van der Waals surface area contributed by atoms with Crippen LogP contribution in [-0.4, -0.2) is 79.1 Å². The predicted molar refractivity (Wildman–Crippen MR) is 76.8 cm³/mol. The van der Waals surface area contributed by atoms with Crippen molar-refractivity contribution in [1.29, 1.82) is 0 Å². The summed E-state index contributed by atoms with van der Waals surface area (Å²) in [6.45, 7) is 15.0. The molecule has 4 nitrogen and oxygen atoms in total. The van der Waals surface area contributed by atoms with Gasteiger partial charge in [-0.05, 0) is 39.0 Å². The monoisotopic (exact) mass is 254 g/mol. The quantitative estimate of drug-likeness (QED) is 0.789. The standard InChI is InChI=1S/C14H30N4/c1-3-16-7-5-14(13-15,6-8-16)18-11-9-17(4-2)10-12-18/h3-13,15H2,1-2H3. The molecule has 2 saturated heterocycles. The lowest BCUT2D eigenvalue weighted by molar-refractivity contribution is -0.00369. The third-order valence-corrected chi connectivity index (χ3v) is 5.10. The van der Waals surface area contributed by atoms with E-state index in [1.54, 1.807) is 0 Å². The van der Waals surface area contributed by atoms with E-state index >= 15 is 0 Å². The molecular weight excluding hydrogens is 224 g/mol. The highest BCUT2D eigenvalue weighted by molar-refractivity contribution is 4.97. The summed E-state index contributed by atoms with van der Waals surface area (Å²) < 4.78 is 0. The average molecular weight is 254 g/mol. The number of hydrogen-bond acceptors (Lipinski definition) is 4. The molecule has 18 heavy (non-hydrogen) atoms. The van der Waals surface area contributed by atoms with Crippen LogP contribution < -0.4 is 5.73 Å². The molecule has 2 fully saturated rings. The summed E-state index contributed by atoms with van der Waals surface area (Å²) in [7, 11) is 0. The van der Waals surface area contributed by atoms with Crippen LogP contribution in [0.1, 0.15) is 26.7 Å². The summed E-state index contributed by atoms with van der Waals surface area (Å²) in [6, 6.07) is 0. The molecule has 0 spiro atoms. The molecule has 0 aliphatic carbocycles. The zero-order chi connectivity index (χ0) is 13.0. The summed E-state index contributed by atoms with van der Waals surface area (Å²) >= 11 is 0. The first-order valence-electron chi connectivity index (χ1n) is 7.64. The summed E-state index contributed by atoms with van der Waals surface area (Å²) in [5, 5.41) is 0. The van der Waals surface area contributed by atoms with Gasteiger partial charge in [-0.25, -0.2) is 0 Å². The fourth-order valence-corrected chi connectivity index (χ4v) is 3.47. The van der Waals surface area contributed by atoms with E-state index in [0.29, 0.717) is 5.54 Å².